The zero-order valence-electron chi connectivity index (χ0n) is 22.1. The summed E-state index contributed by atoms with van der Waals surface area (Å²) in [5, 5.41) is 3.55. The van der Waals surface area contributed by atoms with Crippen molar-refractivity contribution in [1.29, 1.82) is 0 Å². The maximum absolute atomic E-state index is 5.20. The third-order valence-electron chi connectivity index (χ3n) is 8.41. The summed E-state index contributed by atoms with van der Waals surface area (Å²) in [6.45, 7) is 0. The van der Waals surface area contributed by atoms with E-state index in [0.29, 0.717) is 0 Å². The van der Waals surface area contributed by atoms with E-state index in [1.807, 2.05) is 12.3 Å². The molecule has 3 heterocycles. The zero-order chi connectivity index (χ0) is 26.9. The molecule has 1 aliphatic rings. The fraction of sp³-hybridized carbons (Fsp3) is 0. The maximum atomic E-state index is 5.20. The number of benzene rings is 5. The van der Waals surface area contributed by atoms with Gasteiger partial charge >= 0.3 is 0 Å². The molecular weight excluding hydrogens is 498 g/mol. The van der Waals surface area contributed by atoms with Crippen LogP contribution in [0.3, 0.4) is 0 Å². The van der Waals surface area contributed by atoms with Gasteiger partial charge in [0, 0.05) is 39.2 Å². The third-order valence-corrected chi connectivity index (χ3v) is 8.41. The summed E-state index contributed by atoms with van der Waals surface area (Å²) in [6, 6.07) is 47.9. The van der Waals surface area contributed by atoms with Crippen molar-refractivity contribution in [1.82, 2.24) is 14.5 Å². The molecule has 8 aromatic rings. The lowest BCUT2D eigenvalue weighted by Crippen LogP contribution is -2.01. The van der Waals surface area contributed by atoms with Crippen LogP contribution in [0.2, 0.25) is 0 Å². The smallest absolute Gasteiger partial charge is 0.159 e. The van der Waals surface area contributed by atoms with E-state index >= 15 is 0 Å². The summed E-state index contributed by atoms with van der Waals surface area (Å²) >= 11 is 0. The normalized spacial score (nSPS) is 11.9. The van der Waals surface area contributed by atoms with Gasteiger partial charge in [-0.1, -0.05) is 91.0 Å². The van der Waals surface area contributed by atoms with E-state index in [1.54, 1.807) is 0 Å². The molecule has 1 aliphatic carbocycles. The summed E-state index contributed by atoms with van der Waals surface area (Å²) in [4.78, 5) is 9.83. The number of para-hydroxylation sites is 2. The Labute approximate surface area is 237 Å². The Morgan fingerprint density at radius 3 is 1.73 bits per heavy atom. The molecule has 5 aromatic carbocycles. The largest absolute Gasteiger partial charge is 0.309 e. The molecule has 0 saturated carbocycles. The number of nitrogens with zero attached hydrogens (tertiary/aromatic N) is 3. The third kappa shape index (κ3) is 3.20. The van der Waals surface area contributed by atoms with Crippen LogP contribution in [0.25, 0.3) is 83.2 Å². The molecule has 190 valence electrons. The van der Waals surface area contributed by atoms with Crippen LogP contribution in [0.15, 0.2) is 140 Å². The van der Waals surface area contributed by atoms with E-state index in [-0.39, 0.29) is 0 Å². The van der Waals surface area contributed by atoms with E-state index < -0.39 is 0 Å². The maximum Gasteiger partial charge on any atom is 0.159 e. The highest BCUT2D eigenvalue weighted by Gasteiger charge is 2.24. The standard InChI is InChI=1S/C38H23N3/c1-2-12-27-26(11-1)28-13-3-4-16-32(28)37-34(22-24-10-9-21-39-38(24)40-37)33-23-25(19-20-29(27)33)41-35-17-7-5-14-30(35)31-15-6-8-18-36(31)41/h1-23H. The Morgan fingerprint density at radius 2 is 1.02 bits per heavy atom. The van der Waals surface area contributed by atoms with Gasteiger partial charge in [0.05, 0.1) is 16.7 Å². The van der Waals surface area contributed by atoms with Gasteiger partial charge in [-0.2, -0.15) is 0 Å². The lowest BCUT2D eigenvalue weighted by molar-refractivity contribution is 1.18. The average Bonchev–Trinajstić information content (AvgIpc) is 3.38. The molecule has 9 rings (SSSR count). The van der Waals surface area contributed by atoms with Crippen LogP contribution in [0.4, 0.5) is 0 Å². The van der Waals surface area contributed by atoms with Gasteiger partial charge in [-0.25, -0.2) is 9.97 Å². The van der Waals surface area contributed by atoms with Gasteiger partial charge in [-0.15, -0.1) is 0 Å². The second-order valence-electron chi connectivity index (χ2n) is 10.6. The predicted octanol–water partition coefficient (Wildman–Crippen LogP) is 9.71. The molecule has 0 aliphatic heterocycles. The summed E-state index contributed by atoms with van der Waals surface area (Å²) in [5.41, 5.74) is 13.5. The van der Waals surface area contributed by atoms with Crippen LogP contribution >= 0.6 is 0 Å². The fourth-order valence-electron chi connectivity index (χ4n) is 6.62. The van der Waals surface area contributed by atoms with Gasteiger partial charge < -0.3 is 4.57 Å². The number of hydrogen-bond donors (Lipinski definition) is 0. The monoisotopic (exact) mass is 521 g/mol. The Morgan fingerprint density at radius 1 is 0.439 bits per heavy atom. The van der Waals surface area contributed by atoms with Gasteiger partial charge in [0.2, 0.25) is 0 Å². The molecule has 0 bridgehead atoms. The van der Waals surface area contributed by atoms with E-state index in [2.05, 4.69) is 137 Å². The first-order valence-electron chi connectivity index (χ1n) is 13.9. The average molecular weight is 522 g/mol. The Kier molecular flexibility index (Phi) is 4.61. The van der Waals surface area contributed by atoms with Crippen LogP contribution in [-0.4, -0.2) is 14.5 Å². The second-order valence-corrected chi connectivity index (χ2v) is 10.6. The number of hydrogen-bond acceptors (Lipinski definition) is 2. The number of fused-ring (bicyclic) bond motifs is 12. The quantitative estimate of drug-likeness (QED) is 0.215. The van der Waals surface area contributed by atoms with Crippen molar-refractivity contribution in [3.8, 4) is 50.3 Å². The summed E-state index contributed by atoms with van der Waals surface area (Å²) in [7, 11) is 0. The van der Waals surface area contributed by atoms with Crippen molar-refractivity contribution < 1.29 is 0 Å². The number of rotatable bonds is 1. The minimum Gasteiger partial charge on any atom is -0.309 e. The molecule has 0 N–H and O–H groups in total. The molecule has 0 saturated heterocycles. The minimum atomic E-state index is 0.759. The molecule has 0 atom stereocenters. The molecule has 41 heavy (non-hydrogen) atoms. The van der Waals surface area contributed by atoms with Crippen LogP contribution in [0.5, 0.6) is 0 Å². The lowest BCUT2D eigenvalue weighted by Gasteiger charge is -2.23. The van der Waals surface area contributed by atoms with Crippen LogP contribution in [0, 0.1) is 0 Å². The van der Waals surface area contributed by atoms with Crippen LogP contribution in [0.1, 0.15) is 0 Å². The Bertz CT molecular complexity index is 2270. The molecule has 3 aromatic heterocycles. The SMILES string of the molecule is c1ccc2c(c1)-c1ccc(-n3c4ccccc4c4ccccc43)cc1-c1cc3cccnc3nc1-c1ccccc1-2. The molecular formula is C38H23N3. The van der Waals surface area contributed by atoms with Gasteiger partial charge in [0.1, 0.15) is 0 Å². The first kappa shape index (κ1) is 22.3. The number of pyridine rings is 2. The van der Waals surface area contributed by atoms with Gasteiger partial charge in [-0.3, -0.25) is 0 Å². The van der Waals surface area contributed by atoms with E-state index in [0.717, 1.165) is 33.5 Å². The first-order chi connectivity index (χ1) is 20.3. The molecule has 0 spiro atoms. The van der Waals surface area contributed by atoms with Crippen molar-refractivity contribution in [3.63, 3.8) is 0 Å². The molecule has 0 unspecified atom stereocenters. The Hall–Kier alpha value is -5.54. The lowest BCUT2D eigenvalue weighted by atomic mass is 9.82. The van der Waals surface area contributed by atoms with Crippen LogP contribution < -0.4 is 0 Å². The first-order valence-corrected chi connectivity index (χ1v) is 13.9. The molecule has 0 amide bonds. The van der Waals surface area contributed by atoms with Gasteiger partial charge in [-0.05, 0) is 70.3 Å². The molecule has 0 radical (unpaired) electrons. The Balaban J connectivity index is 1.43. The fourth-order valence-corrected chi connectivity index (χ4v) is 6.62. The molecule has 0 fully saturated rings. The van der Waals surface area contributed by atoms with Crippen LogP contribution in [-0.2, 0) is 0 Å². The van der Waals surface area contributed by atoms with E-state index in [9.17, 15) is 0 Å². The van der Waals surface area contributed by atoms with Crippen molar-refractivity contribution in [2.75, 3.05) is 0 Å². The van der Waals surface area contributed by atoms with Gasteiger partial charge in [0.15, 0.2) is 5.65 Å². The second kappa shape index (κ2) is 8.48. The summed E-state index contributed by atoms with van der Waals surface area (Å²) in [6.07, 6.45) is 1.82. The molecule has 3 nitrogen and oxygen atoms in total. The zero-order valence-corrected chi connectivity index (χ0v) is 22.1. The van der Waals surface area contributed by atoms with Gasteiger partial charge in [0.25, 0.3) is 0 Å². The topological polar surface area (TPSA) is 30.7 Å². The van der Waals surface area contributed by atoms with Crippen molar-refractivity contribution in [3.05, 3.63) is 140 Å². The van der Waals surface area contributed by atoms with Crippen molar-refractivity contribution in [2.24, 2.45) is 0 Å². The summed E-state index contributed by atoms with van der Waals surface area (Å²) < 4.78 is 2.39. The highest BCUT2D eigenvalue weighted by molar-refractivity contribution is 6.10. The highest BCUT2D eigenvalue weighted by Crippen LogP contribution is 2.48. The number of aromatic nitrogens is 3. The summed E-state index contributed by atoms with van der Waals surface area (Å²) in [5.74, 6) is 0. The predicted molar refractivity (Wildman–Crippen MR) is 169 cm³/mol. The molecule has 3 heteroatoms. The minimum absolute atomic E-state index is 0.759. The van der Waals surface area contributed by atoms with E-state index in [1.165, 1.54) is 49.6 Å². The van der Waals surface area contributed by atoms with Crippen molar-refractivity contribution in [2.45, 2.75) is 0 Å². The highest BCUT2D eigenvalue weighted by atomic mass is 15.0. The van der Waals surface area contributed by atoms with E-state index in [4.69, 9.17) is 4.98 Å². The van der Waals surface area contributed by atoms with Crippen molar-refractivity contribution >= 4 is 32.8 Å².